The third kappa shape index (κ3) is 4.82. The van der Waals surface area contributed by atoms with Crippen molar-refractivity contribution in [1.29, 1.82) is 0 Å². The molecule has 1 aromatic heterocycles. The minimum absolute atomic E-state index is 0.00188. The van der Waals surface area contributed by atoms with E-state index in [0.29, 0.717) is 22.7 Å². The molecule has 2 atom stereocenters. The average Bonchev–Trinajstić information content (AvgIpc) is 3.22. The number of urea groups is 1. The number of amides is 2. The van der Waals surface area contributed by atoms with Gasteiger partial charge in [0.1, 0.15) is 5.75 Å². The predicted molar refractivity (Wildman–Crippen MR) is 140 cm³/mol. The van der Waals surface area contributed by atoms with Crippen LogP contribution in [0.2, 0.25) is 5.02 Å². The number of benzene rings is 2. The van der Waals surface area contributed by atoms with Crippen molar-refractivity contribution in [3.63, 3.8) is 0 Å². The molecule has 0 unspecified atom stereocenters. The van der Waals surface area contributed by atoms with E-state index in [4.69, 9.17) is 16.3 Å². The number of rotatable bonds is 5. The van der Waals surface area contributed by atoms with Gasteiger partial charge in [-0.25, -0.2) is 14.6 Å². The lowest BCUT2D eigenvalue weighted by atomic mass is 10.0. The van der Waals surface area contributed by atoms with Gasteiger partial charge in [0, 0.05) is 36.3 Å². The molecule has 2 saturated heterocycles. The van der Waals surface area contributed by atoms with Gasteiger partial charge in [-0.05, 0) is 49.4 Å². The Hall–Kier alpha value is -3.99. The zero-order valence-electron chi connectivity index (χ0n) is 20.9. The summed E-state index contributed by atoms with van der Waals surface area (Å²) in [6.07, 6.45) is -4.70. The Morgan fingerprint density at radius 1 is 1.05 bits per heavy atom. The summed E-state index contributed by atoms with van der Waals surface area (Å²) in [6, 6.07) is 12.5. The number of aromatic carboxylic acids is 1. The molecule has 2 aliphatic heterocycles. The normalized spacial score (nSPS) is 19.3. The van der Waals surface area contributed by atoms with Crippen molar-refractivity contribution in [2.24, 2.45) is 0 Å². The molecule has 2 fully saturated rings. The van der Waals surface area contributed by atoms with Crippen LogP contribution < -0.4 is 14.5 Å². The van der Waals surface area contributed by atoms with Crippen molar-refractivity contribution in [2.45, 2.75) is 25.2 Å². The summed E-state index contributed by atoms with van der Waals surface area (Å²) in [7, 11) is 1.51. The number of anilines is 2. The summed E-state index contributed by atoms with van der Waals surface area (Å²) >= 11 is 5.82. The van der Waals surface area contributed by atoms with Crippen molar-refractivity contribution in [3.05, 3.63) is 70.9 Å². The van der Waals surface area contributed by atoms with Crippen LogP contribution in [0.4, 0.5) is 29.3 Å². The van der Waals surface area contributed by atoms with Crippen LogP contribution >= 0.6 is 11.6 Å². The van der Waals surface area contributed by atoms with E-state index >= 15 is 0 Å². The van der Waals surface area contributed by atoms with Crippen molar-refractivity contribution in [3.8, 4) is 17.0 Å². The SMILES string of the molecule is COc1ccccc1-c1ccc(N2C[C@H]3CN(c4ccc(Cl)cc4C(F)(F)F)C(=O)N3C[C@H]2C)c(C(=O)O)n1. The molecule has 0 radical (unpaired) electrons. The zero-order valence-corrected chi connectivity index (χ0v) is 21.7. The first-order valence-electron chi connectivity index (χ1n) is 12.1. The molecule has 2 aliphatic rings. The summed E-state index contributed by atoms with van der Waals surface area (Å²) < 4.78 is 46.7. The van der Waals surface area contributed by atoms with E-state index in [2.05, 4.69) is 4.98 Å². The van der Waals surface area contributed by atoms with Gasteiger partial charge < -0.3 is 19.6 Å². The number of hydrogen-bond donors (Lipinski definition) is 1. The molecule has 0 spiro atoms. The van der Waals surface area contributed by atoms with Gasteiger partial charge in [-0.1, -0.05) is 23.7 Å². The first-order valence-corrected chi connectivity index (χ1v) is 12.5. The first-order chi connectivity index (χ1) is 18.5. The molecule has 2 amide bonds. The van der Waals surface area contributed by atoms with Gasteiger partial charge in [0.25, 0.3) is 0 Å². The quantitative estimate of drug-likeness (QED) is 0.434. The molecule has 0 aliphatic carbocycles. The summed E-state index contributed by atoms with van der Waals surface area (Å²) in [5.41, 5.74) is -0.00697. The van der Waals surface area contributed by atoms with Crippen LogP contribution in [0.1, 0.15) is 23.0 Å². The number of fused-ring (bicyclic) bond motifs is 1. The largest absolute Gasteiger partial charge is 0.496 e. The number of carbonyl (C=O) groups is 2. The highest BCUT2D eigenvalue weighted by molar-refractivity contribution is 6.30. The number of hydrogen-bond acceptors (Lipinski definition) is 5. The highest BCUT2D eigenvalue weighted by Gasteiger charge is 2.46. The molecule has 39 heavy (non-hydrogen) atoms. The van der Waals surface area contributed by atoms with Crippen LogP contribution in [0, 0.1) is 0 Å². The second-order valence-corrected chi connectivity index (χ2v) is 9.87. The number of nitrogens with zero attached hydrogens (tertiary/aromatic N) is 4. The van der Waals surface area contributed by atoms with Gasteiger partial charge in [0.05, 0.1) is 35.8 Å². The van der Waals surface area contributed by atoms with Crippen LogP contribution in [-0.2, 0) is 6.18 Å². The highest BCUT2D eigenvalue weighted by Crippen LogP contribution is 2.41. The van der Waals surface area contributed by atoms with Gasteiger partial charge >= 0.3 is 18.2 Å². The van der Waals surface area contributed by atoms with Crippen LogP contribution in [-0.4, -0.2) is 65.8 Å². The fourth-order valence-electron chi connectivity index (χ4n) is 5.23. The molecule has 0 saturated carbocycles. The van der Waals surface area contributed by atoms with E-state index in [-0.39, 0.29) is 42.1 Å². The minimum Gasteiger partial charge on any atom is -0.496 e. The zero-order chi connectivity index (χ0) is 28.1. The molecular formula is C27H24ClF3N4O4. The number of halogens is 4. The van der Waals surface area contributed by atoms with Crippen LogP contribution in [0.3, 0.4) is 0 Å². The highest BCUT2D eigenvalue weighted by atomic mass is 35.5. The third-order valence-corrected chi connectivity index (χ3v) is 7.27. The molecule has 8 nitrogen and oxygen atoms in total. The van der Waals surface area contributed by atoms with Crippen LogP contribution in [0.15, 0.2) is 54.6 Å². The Morgan fingerprint density at radius 2 is 1.77 bits per heavy atom. The number of carbonyl (C=O) groups excluding carboxylic acids is 1. The maximum atomic E-state index is 13.8. The maximum Gasteiger partial charge on any atom is 0.418 e. The molecule has 204 valence electrons. The standard InChI is InChI=1S/C27H24ClF3N4O4/c1-15-12-34-17(14-35(26(34)38)21-9-7-16(28)11-19(21)27(29,30)31)13-33(15)22-10-8-20(32-24(22)25(36)37)18-5-3-4-6-23(18)39-2/h3-11,15,17H,12-14H2,1-2H3,(H,36,37)/t15-,17+/m1/s1. The monoisotopic (exact) mass is 560 g/mol. The number of aromatic nitrogens is 1. The number of carboxylic acid groups (broad SMARTS) is 1. The second-order valence-electron chi connectivity index (χ2n) is 9.43. The number of ether oxygens (including phenoxy) is 1. The van der Waals surface area contributed by atoms with Crippen molar-refractivity contribution in [1.82, 2.24) is 9.88 Å². The topological polar surface area (TPSA) is 86.2 Å². The Morgan fingerprint density at radius 3 is 2.46 bits per heavy atom. The number of para-hydroxylation sites is 1. The lowest BCUT2D eigenvalue weighted by Gasteiger charge is -2.42. The van der Waals surface area contributed by atoms with E-state index in [1.165, 1.54) is 24.1 Å². The summed E-state index contributed by atoms with van der Waals surface area (Å²) in [6.45, 7) is 2.24. The van der Waals surface area contributed by atoms with Gasteiger partial charge in [0.15, 0.2) is 5.69 Å². The summed E-state index contributed by atoms with van der Waals surface area (Å²) in [5.74, 6) is -0.683. The number of carboxylic acids is 1. The van der Waals surface area contributed by atoms with E-state index in [1.54, 1.807) is 36.4 Å². The average molecular weight is 561 g/mol. The number of alkyl halides is 3. The maximum absolute atomic E-state index is 13.8. The number of piperazine rings is 1. The summed E-state index contributed by atoms with van der Waals surface area (Å²) in [4.78, 5) is 34.4. The first kappa shape index (κ1) is 26.6. The lowest BCUT2D eigenvalue weighted by Crippen LogP contribution is -2.57. The van der Waals surface area contributed by atoms with Crippen LogP contribution in [0.25, 0.3) is 11.3 Å². The van der Waals surface area contributed by atoms with E-state index in [0.717, 1.165) is 11.0 Å². The second kappa shape index (κ2) is 9.96. The van der Waals surface area contributed by atoms with Gasteiger partial charge in [-0.2, -0.15) is 13.2 Å². The Labute approximate surface area is 227 Å². The Bertz CT molecular complexity index is 1450. The number of methoxy groups -OCH3 is 1. The predicted octanol–water partition coefficient (Wildman–Crippen LogP) is 5.65. The fraction of sp³-hybridized carbons (Fsp3) is 0.296. The van der Waals surface area contributed by atoms with E-state index < -0.39 is 29.8 Å². The Balaban J connectivity index is 1.47. The molecule has 2 aromatic carbocycles. The van der Waals surface area contributed by atoms with Gasteiger partial charge in [0.2, 0.25) is 0 Å². The van der Waals surface area contributed by atoms with Crippen molar-refractivity contribution in [2.75, 3.05) is 36.5 Å². The minimum atomic E-state index is -4.70. The van der Waals surface area contributed by atoms with Gasteiger partial charge in [-0.3, -0.25) is 4.90 Å². The lowest BCUT2D eigenvalue weighted by molar-refractivity contribution is -0.137. The fourth-order valence-corrected chi connectivity index (χ4v) is 5.40. The number of pyridine rings is 1. The molecule has 3 aromatic rings. The van der Waals surface area contributed by atoms with Crippen molar-refractivity contribution >= 4 is 35.0 Å². The molecule has 5 rings (SSSR count). The van der Waals surface area contributed by atoms with E-state index in [9.17, 15) is 27.9 Å². The molecule has 0 bridgehead atoms. The smallest absolute Gasteiger partial charge is 0.418 e. The Kier molecular flexibility index (Phi) is 6.79. The van der Waals surface area contributed by atoms with E-state index in [1.807, 2.05) is 11.8 Å². The molecule has 3 heterocycles. The third-order valence-electron chi connectivity index (χ3n) is 7.03. The molecular weight excluding hydrogens is 537 g/mol. The summed E-state index contributed by atoms with van der Waals surface area (Å²) in [5, 5.41) is 9.94. The van der Waals surface area contributed by atoms with Crippen molar-refractivity contribution < 1.29 is 32.6 Å². The van der Waals surface area contributed by atoms with Crippen LogP contribution in [0.5, 0.6) is 5.75 Å². The molecule has 1 N–H and O–H groups in total. The molecule has 12 heteroatoms. The van der Waals surface area contributed by atoms with Gasteiger partial charge in [-0.15, -0.1) is 0 Å².